The number of aliphatic imine (C=N–C) groups is 1. The Morgan fingerprint density at radius 1 is 1.00 bits per heavy atom. The van der Waals surface area contributed by atoms with E-state index < -0.39 is 81.7 Å². The summed E-state index contributed by atoms with van der Waals surface area (Å²) in [7, 11) is -8.56. The van der Waals surface area contributed by atoms with Gasteiger partial charge in [0.25, 0.3) is 0 Å². The molecule has 216 valence electrons. The predicted octanol–water partition coefficient (Wildman–Crippen LogP) is 4.00. The normalized spacial score (nSPS) is 24.4. The first kappa shape index (κ1) is 29.6. The Labute approximate surface area is 221 Å². The van der Waals surface area contributed by atoms with Crippen molar-refractivity contribution in [3.05, 3.63) is 41.5 Å². The number of amides is 1. The quantitative estimate of drug-likeness (QED) is 0.460. The number of piperidine rings is 1. The molecule has 2 atom stereocenters. The van der Waals surface area contributed by atoms with Crippen molar-refractivity contribution >= 4 is 31.8 Å². The fraction of sp³-hybridized carbons (Fsp3) is 0.583. The lowest BCUT2D eigenvalue weighted by Crippen LogP contribution is -2.58. The molecule has 2 heterocycles. The minimum atomic E-state index is -4.92. The maximum absolute atomic E-state index is 13.6. The van der Waals surface area contributed by atoms with Crippen LogP contribution >= 0.6 is 0 Å². The summed E-state index contributed by atoms with van der Waals surface area (Å²) in [5.74, 6) is -1.63. The number of halogens is 6. The summed E-state index contributed by atoms with van der Waals surface area (Å²) >= 11 is 0. The van der Waals surface area contributed by atoms with E-state index in [1.165, 1.54) is 6.92 Å². The van der Waals surface area contributed by atoms with Gasteiger partial charge in [0.2, 0.25) is 5.91 Å². The van der Waals surface area contributed by atoms with Crippen molar-refractivity contribution in [1.82, 2.24) is 4.90 Å². The molecule has 2 aliphatic heterocycles. The lowest BCUT2D eigenvalue weighted by Gasteiger charge is -2.40. The molecule has 1 aromatic rings. The van der Waals surface area contributed by atoms with E-state index in [9.17, 15) is 48.0 Å². The second-order valence-corrected chi connectivity index (χ2v) is 14.9. The molecular weight excluding hydrogens is 574 g/mol. The fourth-order valence-electron chi connectivity index (χ4n) is 5.02. The predicted molar refractivity (Wildman–Crippen MR) is 130 cm³/mol. The number of dihydropyridines is 1. The third-order valence-electron chi connectivity index (χ3n) is 7.58. The average molecular weight is 601 g/mol. The molecule has 7 nitrogen and oxygen atoms in total. The highest BCUT2D eigenvalue weighted by Crippen LogP contribution is 2.42. The van der Waals surface area contributed by atoms with Gasteiger partial charge < -0.3 is 4.90 Å². The highest BCUT2D eigenvalue weighted by atomic mass is 32.2. The van der Waals surface area contributed by atoms with Crippen molar-refractivity contribution in [2.45, 2.75) is 65.1 Å². The molecular formula is C24H26F6N2O5S2. The largest absolute Gasteiger partial charge is 0.417 e. The maximum Gasteiger partial charge on any atom is 0.417 e. The number of carbonyl (C=O) groups excluding carboxylic acids is 1. The van der Waals surface area contributed by atoms with Gasteiger partial charge in [0.15, 0.2) is 24.4 Å². The summed E-state index contributed by atoms with van der Waals surface area (Å²) in [6.45, 7) is 0.398. The number of rotatable bonds is 6. The number of carbonyl (C=O) groups is 1. The highest BCUT2D eigenvalue weighted by molar-refractivity contribution is 7.94. The van der Waals surface area contributed by atoms with Crippen LogP contribution < -0.4 is 0 Å². The minimum Gasteiger partial charge on any atom is -0.341 e. The number of benzene rings is 1. The first-order valence-electron chi connectivity index (χ1n) is 12.1. The minimum absolute atomic E-state index is 0.0593. The van der Waals surface area contributed by atoms with Crippen molar-refractivity contribution in [3.63, 3.8) is 0 Å². The Kier molecular flexibility index (Phi) is 7.50. The Morgan fingerprint density at radius 3 is 2.15 bits per heavy atom. The van der Waals surface area contributed by atoms with Gasteiger partial charge in [0, 0.05) is 19.3 Å². The number of allylic oxidation sites excluding steroid dienone is 1. The van der Waals surface area contributed by atoms with Crippen LogP contribution in [0.4, 0.5) is 26.3 Å². The second kappa shape index (κ2) is 9.89. The van der Waals surface area contributed by atoms with E-state index in [2.05, 4.69) is 4.99 Å². The van der Waals surface area contributed by atoms with Crippen LogP contribution in [0.5, 0.6) is 0 Å². The Morgan fingerprint density at radius 2 is 1.62 bits per heavy atom. The van der Waals surface area contributed by atoms with Gasteiger partial charge >= 0.3 is 12.4 Å². The summed E-state index contributed by atoms with van der Waals surface area (Å²) < 4.78 is 130. The first-order valence-corrected chi connectivity index (χ1v) is 15.2. The van der Waals surface area contributed by atoms with Gasteiger partial charge in [0.1, 0.15) is 0 Å². The smallest absolute Gasteiger partial charge is 0.341 e. The van der Waals surface area contributed by atoms with Gasteiger partial charge in [-0.25, -0.2) is 16.8 Å². The van der Waals surface area contributed by atoms with Gasteiger partial charge in [-0.2, -0.15) is 26.3 Å². The van der Waals surface area contributed by atoms with E-state index in [1.54, 1.807) is 0 Å². The standard InChI is InChI=1S/C24H26F6N2O5S2/c1-15(38(34,35)20-4-2-3-17(11-20)23(25,26)27)16-7-9-32(10-8-16)21(33)22(39(36,37)19-5-6-19)12-18(13-31-14-22)24(28,29)30/h2-4,11-13,15-16,19H,5-10,14H2,1H3/t15-,22?/m0/s1. The van der Waals surface area contributed by atoms with Gasteiger partial charge in [-0.05, 0) is 62.8 Å². The molecule has 0 radical (unpaired) electrons. The topological polar surface area (TPSA) is 101 Å². The summed E-state index contributed by atoms with van der Waals surface area (Å²) in [5, 5.41) is -2.07. The molecule has 0 bridgehead atoms. The number of nitrogens with zero attached hydrogens (tertiary/aromatic N) is 2. The fourth-order valence-corrected chi connectivity index (χ4v) is 9.06. The van der Waals surface area contributed by atoms with E-state index in [0.29, 0.717) is 18.4 Å². The molecule has 1 unspecified atom stereocenters. The Balaban J connectivity index is 1.55. The summed E-state index contributed by atoms with van der Waals surface area (Å²) in [5.41, 5.74) is -2.44. The Bertz CT molecular complexity index is 1410. The van der Waals surface area contributed by atoms with Gasteiger partial charge in [-0.3, -0.25) is 9.79 Å². The zero-order valence-electron chi connectivity index (χ0n) is 20.7. The van der Waals surface area contributed by atoms with Crippen LogP contribution in [-0.2, 0) is 30.6 Å². The molecule has 2 fully saturated rings. The third kappa shape index (κ3) is 5.48. The summed E-state index contributed by atoms with van der Waals surface area (Å²) in [6, 6.07) is 3.39. The van der Waals surface area contributed by atoms with E-state index in [-0.39, 0.29) is 38.8 Å². The average Bonchev–Trinajstić information content (AvgIpc) is 3.73. The number of likely N-dealkylation sites (tertiary alicyclic amines) is 1. The molecule has 1 amide bonds. The molecule has 1 aliphatic carbocycles. The van der Waals surface area contributed by atoms with E-state index in [4.69, 9.17) is 0 Å². The molecule has 4 rings (SSSR count). The van der Waals surface area contributed by atoms with Crippen LogP contribution in [0.3, 0.4) is 0 Å². The molecule has 1 aromatic carbocycles. The van der Waals surface area contributed by atoms with Crippen molar-refractivity contribution in [3.8, 4) is 0 Å². The molecule has 1 saturated carbocycles. The lowest BCUT2D eigenvalue weighted by molar-refractivity contribution is -0.137. The van der Waals surface area contributed by atoms with Crippen LogP contribution in [0.15, 0.2) is 45.8 Å². The van der Waals surface area contributed by atoms with E-state index in [1.807, 2.05) is 0 Å². The first-order chi connectivity index (χ1) is 17.9. The number of hydrogen-bond acceptors (Lipinski definition) is 6. The lowest BCUT2D eigenvalue weighted by atomic mass is 9.92. The molecule has 0 spiro atoms. The van der Waals surface area contributed by atoms with Gasteiger partial charge in [-0.15, -0.1) is 0 Å². The SMILES string of the molecule is C[C@@H](C1CCN(C(=O)C2(S(=O)(=O)C3CC3)C=C(C(F)(F)F)C=NC2)CC1)S(=O)(=O)c1cccc(C(F)(F)F)c1. The number of hydrogen-bond donors (Lipinski definition) is 0. The zero-order valence-corrected chi connectivity index (χ0v) is 22.3. The molecule has 0 N–H and O–H groups in total. The van der Waals surface area contributed by atoms with Crippen LogP contribution in [0.1, 0.15) is 38.2 Å². The van der Waals surface area contributed by atoms with Crippen molar-refractivity contribution in [2.24, 2.45) is 10.9 Å². The number of sulfone groups is 2. The number of alkyl halides is 6. The maximum atomic E-state index is 13.6. The summed E-state index contributed by atoms with van der Waals surface area (Å²) in [4.78, 5) is 17.8. The van der Waals surface area contributed by atoms with Gasteiger partial charge in [0.05, 0.1) is 33.1 Å². The highest BCUT2D eigenvalue weighted by Gasteiger charge is 2.59. The summed E-state index contributed by atoms with van der Waals surface area (Å²) in [6.07, 6.45) is -8.14. The van der Waals surface area contributed by atoms with Crippen molar-refractivity contribution in [1.29, 1.82) is 0 Å². The monoisotopic (exact) mass is 600 g/mol. The Hall–Kier alpha value is -2.42. The van der Waals surface area contributed by atoms with Gasteiger partial charge in [-0.1, -0.05) is 6.07 Å². The van der Waals surface area contributed by atoms with Crippen LogP contribution in [0, 0.1) is 5.92 Å². The molecule has 0 aromatic heterocycles. The molecule has 1 saturated heterocycles. The van der Waals surface area contributed by atoms with Crippen molar-refractivity contribution < 1.29 is 48.0 Å². The van der Waals surface area contributed by atoms with Crippen LogP contribution in [-0.4, -0.2) is 74.9 Å². The molecule has 15 heteroatoms. The van der Waals surface area contributed by atoms with Crippen LogP contribution in [0.2, 0.25) is 0 Å². The van der Waals surface area contributed by atoms with Crippen molar-refractivity contribution in [2.75, 3.05) is 19.6 Å². The molecule has 39 heavy (non-hydrogen) atoms. The second-order valence-electron chi connectivity index (χ2n) is 10.1. The van der Waals surface area contributed by atoms with E-state index in [0.717, 1.165) is 23.1 Å². The third-order valence-corrected chi connectivity index (χ3v) is 12.6. The molecule has 3 aliphatic rings. The van der Waals surface area contributed by atoms with E-state index >= 15 is 0 Å². The van der Waals surface area contributed by atoms with Crippen LogP contribution in [0.25, 0.3) is 0 Å². The zero-order chi connectivity index (χ0) is 29.0.